The van der Waals surface area contributed by atoms with Crippen molar-refractivity contribution in [2.45, 2.75) is 50.1 Å². The summed E-state index contributed by atoms with van der Waals surface area (Å²) in [7, 11) is -2.05. The van der Waals surface area contributed by atoms with Crippen LogP contribution in [0.1, 0.15) is 43.9 Å². The Morgan fingerprint density at radius 2 is 1.84 bits per heavy atom. The molecular weight excluding hydrogens is 426 g/mol. The van der Waals surface area contributed by atoms with Crippen LogP contribution in [0.5, 0.6) is 5.75 Å². The lowest BCUT2D eigenvalue weighted by atomic mass is 10.1. The maximum Gasteiger partial charge on any atom is 0.240 e. The SMILES string of the molecule is COc1ccc([C@H](CNS(=O)(=O)c2ccc3c(c2)C[C@@H](C)N3C(C)=O)N2CCCC2)cc1. The molecule has 172 valence electrons. The normalized spacial score (nSPS) is 19.7. The molecule has 2 atom stereocenters. The van der Waals surface area contributed by atoms with Gasteiger partial charge >= 0.3 is 0 Å². The van der Waals surface area contributed by atoms with Crippen molar-refractivity contribution < 1.29 is 17.9 Å². The van der Waals surface area contributed by atoms with Gasteiger partial charge in [0, 0.05) is 31.2 Å². The van der Waals surface area contributed by atoms with Crippen molar-refractivity contribution in [3.63, 3.8) is 0 Å². The molecule has 8 heteroatoms. The number of likely N-dealkylation sites (tertiary alicyclic amines) is 1. The number of ether oxygens (including phenoxy) is 1. The highest BCUT2D eigenvalue weighted by molar-refractivity contribution is 7.89. The molecule has 0 unspecified atom stereocenters. The van der Waals surface area contributed by atoms with Crippen molar-refractivity contribution in [1.29, 1.82) is 0 Å². The Morgan fingerprint density at radius 3 is 2.47 bits per heavy atom. The number of fused-ring (bicyclic) bond motifs is 1. The second-order valence-corrected chi connectivity index (χ2v) is 10.4. The fourth-order valence-corrected chi connectivity index (χ4v) is 5.95. The van der Waals surface area contributed by atoms with Gasteiger partial charge in [-0.2, -0.15) is 0 Å². The van der Waals surface area contributed by atoms with Crippen LogP contribution in [0.2, 0.25) is 0 Å². The Kier molecular flexibility index (Phi) is 6.55. The number of sulfonamides is 1. The van der Waals surface area contributed by atoms with E-state index in [4.69, 9.17) is 4.74 Å². The van der Waals surface area contributed by atoms with Gasteiger partial charge in [0.05, 0.1) is 12.0 Å². The van der Waals surface area contributed by atoms with Gasteiger partial charge in [-0.25, -0.2) is 13.1 Å². The summed E-state index contributed by atoms with van der Waals surface area (Å²) < 4.78 is 34.4. The van der Waals surface area contributed by atoms with Crippen molar-refractivity contribution in [3.05, 3.63) is 53.6 Å². The molecule has 2 aliphatic rings. The van der Waals surface area contributed by atoms with Crippen LogP contribution in [0.4, 0.5) is 5.69 Å². The number of nitrogens with zero attached hydrogens (tertiary/aromatic N) is 2. The molecule has 0 spiro atoms. The minimum atomic E-state index is -3.69. The van der Waals surface area contributed by atoms with Gasteiger partial charge in [-0.1, -0.05) is 12.1 Å². The molecule has 0 aromatic heterocycles. The number of anilines is 1. The monoisotopic (exact) mass is 457 g/mol. The highest BCUT2D eigenvalue weighted by Gasteiger charge is 2.31. The van der Waals surface area contributed by atoms with Crippen LogP contribution in [0.3, 0.4) is 0 Å². The van der Waals surface area contributed by atoms with Crippen molar-refractivity contribution in [2.75, 3.05) is 31.6 Å². The van der Waals surface area contributed by atoms with Crippen LogP contribution < -0.4 is 14.4 Å². The molecule has 1 saturated heterocycles. The third kappa shape index (κ3) is 4.53. The van der Waals surface area contributed by atoms with Crippen LogP contribution in [-0.2, 0) is 21.2 Å². The van der Waals surface area contributed by atoms with Crippen LogP contribution in [-0.4, -0.2) is 52.0 Å². The van der Waals surface area contributed by atoms with Gasteiger partial charge in [-0.3, -0.25) is 9.69 Å². The number of hydrogen-bond donors (Lipinski definition) is 1. The van der Waals surface area contributed by atoms with E-state index < -0.39 is 10.0 Å². The van der Waals surface area contributed by atoms with Gasteiger partial charge < -0.3 is 9.64 Å². The smallest absolute Gasteiger partial charge is 0.240 e. The molecule has 7 nitrogen and oxygen atoms in total. The molecule has 1 fully saturated rings. The first-order valence-corrected chi connectivity index (χ1v) is 12.6. The molecule has 2 aromatic rings. The highest BCUT2D eigenvalue weighted by Crippen LogP contribution is 2.34. The number of benzene rings is 2. The highest BCUT2D eigenvalue weighted by atomic mass is 32.2. The Balaban J connectivity index is 1.54. The molecule has 0 aliphatic carbocycles. The van der Waals surface area contributed by atoms with Crippen molar-refractivity contribution in [1.82, 2.24) is 9.62 Å². The lowest BCUT2D eigenvalue weighted by Crippen LogP contribution is -2.36. The summed E-state index contributed by atoms with van der Waals surface area (Å²) in [6.45, 7) is 5.71. The van der Waals surface area contributed by atoms with Crippen LogP contribution >= 0.6 is 0 Å². The second-order valence-electron chi connectivity index (χ2n) is 8.62. The van der Waals surface area contributed by atoms with Crippen molar-refractivity contribution in [3.8, 4) is 5.75 Å². The molecule has 32 heavy (non-hydrogen) atoms. The molecular formula is C24H31N3O4S. The van der Waals surface area contributed by atoms with Gasteiger partial charge in [0.25, 0.3) is 0 Å². The van der Waals surface area contributed by atoms with Crippen molar-refractivity contribution in [2.24, 2.45) is 0 Å². The number of methoxy groups -OCH3 is 1. The zero-order valence-electron chi connectivity index (χ0n) is 18.9. The molecule has 2 aromatic carbocycles. The maximum atomic E-state index is 13.1. The van der Waals surface area contributed by atoms with E-state index >= 15 is 0 Å². The Hall–Kier alpha value is -2.42. The summed E-state index contributed by atoms with van der Waals surface area (Å²) in [6, 6.07) is 12.9. The largest absolute Gasteiger partial charge is 0.497 e. The van der Waals surface area contributed by atoms with E-state index in [1.807, 2.05) is 31.2 Å². The Bertz CT molecular complexity index is 1080. The average Bonchev–Trinajstić information content (AvgIpc) is 3.41. The quantitative estimate of drug-likeness (QED) is 0.691. The molecule has 0 saturated carbocycles. The maximum absolute atomic E-state index is 13.1. The summed E-state index contributed by atoms with van der Waals surface area (Å²) in [5.41, 5.74) is 2.76. The zero-order chi connectivity index (χ0) is 22.9. The number of amides is 1. The van der Waals surface area contributed by atoms with E-state index in [9.17, 15) is 13.2 Å². The first kappa shape index (κ1) is 22.8. The van der Waals surface area contributed by atoms with E-state index in [-0.39, 0.29) is 22.9 Å². The topological polar surface area (TPSA) is 79.0 Å². The number of carbonyl (C=O) groups excluding carboxylic acids is 1. The van der Waals surface area contributed by atoms with E-state index in [0.29, 0.717) is 13.0 Å². The minimum absolute atomic E-state index is 0.0297. The second kappa shape index (κ2) is 9.21. The zero-order valence-corrected chi connectivity index (χ0v) is 19.7. The summed E-state index contributed by atoms with van der Waals surface area (Å²) in [6.07, 6.45) is 2.89. The van der Waals surface area contributed by atoms with Crippen molar-refractivity contribution >= 4 is 21.6 Å². The molecule has 1 N–H and O–H groups in total. The fourth-order valence-electron chi connectivity index (χ4n) is 4.86. The standard InChI is InChI=1S/C24H31N3O4S/c1-17-14-20-15-22(10-11-23(20)27(17)18(2)28)32(29,30)25-16-24(26-12-4-5-13-26)19-6-8-21(31-3)9-7-19/h6-11,15,17,24-25H,4-5,12-14,16H2,1-3H3/t17-,24+/m1/s1. The third-order valence-corrected chi connectivity index (χ3v) is 7.89. The molecule has 0 radical (unpaired) electrons. The lowest BCUT2D eigenvalue weighted by Gasteiger charge is -2.28. The van der Waals surface area contributed by atoms with Crippen LogP contribution in [0, 0.1) is 0 Å². The first-order chi connectivity index (χ1) is 15.3. The van der Waals surface area contributed by atoms with Gasteiger partial charge in [0.1, 0.15) is 5.75 Å². The van der Waals surface area contributed by atoms with E-state index in [1.165, 1.54) is 6.92 Å². The van der Waals surface area contributed by atoms with Crippen LogP contribution in [0.25, 0.3) is 0 Å². The number of nitrogens with one attached hydrogen (secondary N) is 1. The molecule has 1 amide bonds. The van der Waals surface area contributed by atoms with Gasteiger partial charge in [0.2, 0.25) is 15.9 Å². The first-order valence-electron chi connectivity index (χ1n) is 11.1. The number of carbonyl (C=O) groups is 1. The summed E-state index contributed by atoms with van der Waals surface area (Å²) in [4.78, 5) is 16.3. The van der Waals surface area contributed by atoms with Gasteiger partial charge in [0.15, 0.2) is 0 Å². The average molecular weight is 458 g/mol. The van der Waals surface area contributed by atoms with Crippen LogP contribution in [0.15, 0.2) is 47.4 Å². The summed E-state index contributed by atoms with van der Waals surface area (Å²) in [5, 5.41) is 0. The molecule has 4 rings (SSSR count). The fraction of sp³-hybridized carbons (Fsp3) is 0.458. The lowest BCUT2D eigenvalue weighted by molar-refractivity contribution is -0.116. The Labute approximate surface area is 190 Å². The Morgan fingerprint density at radius 1 is 1.16 bits per heavy atom. The minimum Gasteiger partial charge on any atom is -0.497 e. The predicted octanol–water partition coefficient (Wildman–Crippen LogP) is 3.11. The summed E-state index contributed by atoms with van der Waals surface area (Å²) >= 11 is 0. The molecule has 0 bridgehead atoms. The summed E-state index contributed by atoms with van der Waals surface area (Å²) in [5.74, 6) is 0.749. The van der Waals surface area contributed by atoms with E-state index in [0.717, 1.165) is 48.5 Å². The van der Waals surface area contributed by atoms with E-state index in [1.54, 1.807) is 30.2 Å². The third-order valence-electron chi connectivity index (χ3n) is 6.46. The van der Waals surface area contributed by atoms with Gasteiger partial charge in [-0.05, 0) is 80.7 Å². The predicted molar refractivity (Wildman–Crippen MR) is 124 cm³/mol. The molecule has 2 heterocycles. The number of rotatable bonds is 7. The molecule has 2 aliphatic heterocycles. The van der Waals surface area contributed by atoms with Gasteiger partial charge in [-0.15, -0.1) is 0 Å². The van der Waals surface area contributed by atoms with E-state index in [2.05, 4.69) is 9.62 Å². The number of hydrogen-bond acceptors (Lipinski definition) is 5.